The highest BCUT2D eigenvalue weighted by Gasteiger charge is 2.30. The predicted octanol–water partition coefficient (Wildman–Crippen LogP) is 1.58. The SMILES string of the molecule is COc1cc(CC(=O)N2CCNCC2c2nccn2C)cc(OC)c1OC.Cl. The van der Waals surface area contributed by atoms with E-state index in [9.17, 15) is 4.79 Å². The Balaban J connectivity index is 0.00000280. The molecule has 0 radical (unpaired) electrons. The zero-order valence-electron chi connectivity index (χ0n) is 16.6. The van der Waals surface area contributed by atoms with Gasteiger partial charge < -0.3 is 29.0 Å². The van der Waals surface area contributed by atoms with Gasteiger partial charge in [-0.1, -0.05) is 0 Å². The number of benzene rings is 1. The van der Waals surface area contributed by atoms with Gasteiger partial charge in [-0.3, -0.25) is 4.79 Å². The van der Waals surface area contributed by atoms with Crippen LogP contribution < -0.4 is 19.5 Å². The minimum absolute atomic E-state index is 0. The number of carbonyl (C=O) groups is 1. The Morgan fingerprint density at radius 2 is 1.89 bits per heavy atom. The van der Waals surface area contributed by atoms with Gasteiger partial charge in [-0.2, -0.15) is 0 Å². The molecule has 0 saturated carbocycles. The molecular weight excluding hydrogens is 384 g/mol. The standard InChI is InChI=1S/C19H26N4O4.ClH/c1-22-7-6-21-19(22)14-12-20-5-8-23(14)17(24)11-13-9-15(25-2)18(27-4)16(10-13)26-3;/h6-7,9-10,14,20H,5,8,11-12H2,1-4H3;1H. The number of imidazole rings is 1. The number of carbonyl (C=O) groups excluding carboxylic acids is 1. The first-order valence-corrected chi connectivity index (χ1v) is 8.85. The molecule has 1 fully saturated rings. The van der Waals surface area contributed by atoms with Gasteiger partial charge >= 0.3 is 0 Å². The number of aryl methyl sites for hydroxylation is 1. The van der Waals surface area contributed by atoms with Crippen LogP contribution in [0.5, 0.6) is 17.2 Å². The van der Waals surface area contributed by atoms with Gasteiger partial charge in [-0.05, 0) is 17.7 Å². The van der Waals surface area contributed by atoms with E-state index in [0.29, 0.717) is 30.3 Å². The van der Waals surface area contributed by atoms with Gasteiger partial charge in [0, 0.05) is 39.1 Å². The maximum absolute atomic E-state index is 13.1. The van der Waals surface area contributed by atoms with Crippen LogP contribution in [0.4, 0.5) is 0 Å². The van der Waals surface area contributed by atoms with Crippen LogP contribution in [0.15, 0.2) is 24.5 Å². The molecule has 1 aromatic carbocycles. The monoisotopic (exact) mass is 410 g/mol. The Morgan fingerprint density at radius 1 is 1.21 bits per heavy atom. The second-order valence-electron chi connectivity index (χ2n) is 6.41. The first-order chi connectivity index (χ1) is 13.1. The molecule has 1 aliphatic rings. The van der Waals surface area contributed by atoms with Crippen molar-refractivity contribution >= 4 is 18.3 Å². The van der Waals surface area contributed by atoms with Gasteiger partial charge in [-0.15, -0.1) is 12.4 Å². The molecule has 1 saturated heterocycles. The van der Waals surface area contributed by atoms with E-state index in [0.717, 1.165) is 17.9 Å². The fourth-order valence-electron chi connectivity index (χ4n) is 3.45. The molecular formula is C19H27ClN4O4. The van der Waals surface area contributed by atoms with Crippen LogP contribution >= 0.6 is 12.4 Å². The molecule has 3 rings (SSSR count). The summed E-state index contributed by atoms with van der Waals surface area (Å²) in [6.45, 7) is 2.09. The summed E-state index contributed by atoms with van der Waals surface area (Å²) in [5, 5.41) is 3.35. The summed E-state index contributed by atoms with van der Waals surface area (Å²) in [5.74, 6) is 2.52. The van der Waals surface area contributed by atoms with Gasteiger partial charge in [0.25, 0.3) is 0 Å². The second-order valence-corrected chi connectivity index (χ2v) is 6.41. The number of hydrogen-bond acceptors (Lipinski definition) is 6. The van der Waals surface area contributed by atoms with Crippen molar-refractivity contribution < 1.29 is 19.0 Å². The van der Waals surface area contributed by atoms with Crippen LogP contribution in [-0.2, 0) is 18.3 Å². The molecule has 0 spiro atoms. The van der Waals surface area contributed by atoms with Crippen molar-refractivity contribution in [3.8, 4) is 17.2 Å². The fraction of sp³-hybridized carbons (Fsp3) is 0.474. The molecule has 1 aliphatic heterocycles. The minimum atomic E-state index is -0.0895. The van der Waals surface area contributed by atoms with Crippen LogP contribution in [0.25, 0.3) is 0 Å². The van der Waals surface area contributed by atoms with E-state index in [-0.39, 0.29) is 30.8 Å². The highest BCUT2D eigenvalue weighted by molar-refractivity contribution is 5.85. The third-order valence-corrected chi connectivity index (χ3v) is 4.80. The summed E-state index contributed by atoms with van der Waals surface area (Å²) in [6.07, 6.45) is 3.90. The number of hydrogen-bond donors (Lipinski definition) is 1. The largest absolute Gasteiger partial charge is 0.493 e. The molecule has 1 atom stereocenters. The van der Waals surface area contributed by atoms with Crippen molar-refractivity contribution in [3.05, 3.63) is 35.9 Å². The lowest BCUT2D eigenvalue weighted by molar-refractivity contribution is -0.134. The number of amides is 1. The lowest BCUT2D eigenvalue weighted by Gasteiger charge is -2.36. The Morgan fingerprint density at radius 3 is 2.43 bits per heavy atom. The maximum atomic E-state index is 13.1. The van der Waals surface area contributed by atoms with Gasteiger partial charge in [0.2, 0.25) is 11.7 Å². The summed E-state index contributed by atoms with van der Waals surface area (Å²) in [6, 6.07) is 3.54. The van der Waals surface area contributed by atoms with Crippen LogP contribution in [0, 0.1) is 0 Å². The molecule has 2 heterocycles. The number of aromatic nitrogens is 2. The van der Waals surface area contributed by atoms with Crippen molar-refractivity contribution in [3.63, 3.8) is 0 Å². The maximum Gasteiger partial charge on any atom is 0.227 e. The summed E-state index contributed by atoms with van der Waals surface area (Å²) in [4.78, 5) is 19.4. The van der Waals surface area contributed by atoms with Gasteiger partial charge in [0.15, 0.2) is 11.5 Å². The summed E-state index contributed by atoms with van der Waals surface area (Å²) < 4.78 is 18.1. The van der Waals surface area contributed by atoms with Crippen molar-refractivity contribution in [2.75, 3.05) is 41.0 Å². The number of piperazine rings is 1. The van der Waals surface area contributed by atoms with Crippen molar-refractivity contribution in [1.82, 2.24) is 19.8 Å². The quantitative estimate of drug-likeness (QED) is 0.779. The van der Waals surface area contributed by atoms with Crippen LogP contribution in [0.3, 0.4) is 0 Å². The number of rotatable bonds is 6. The molecule has 0 aliphatic carbocycles. The molecule has 1 N–H and O–H groups in total. The Labute approximate surface area is 171 Å². The second kappa shape index (κ2) is 9.66. The lowest BCUT2D eigenvalue weighted by Crippen LogP contribution is -2.49. The molecule has 9 heteroatoms. The molecule has 1 amide bonds. The molecule has 0 bridgehead atoms. The van der Waals surface area contributed by atoms with Crippen LogP contribution in [0.1, 0.15) is 17.4 Å². The van der Waals surface area contributed by atoms with Gasteiger partial charge in [0.05, 0.1) is 27.8 Å². The highest BCUT2D eigenvalue weighted by Crippen LogP contribution is 2.38. The van der Waals surface area contributed by atoms with E-state index >= 15 is 0 Å². The smallest absolute Gasteiger partial charge is 0.227 e. The van der Waals surface area contributed by atoms with E-state index in [2.05, 4.69) is 10.3 Å². The summed E-state index contributed by atoms with van der Waals surface area (Å²) in [7, 11) is 6.63. The van der Waals surface area contributed by atoms with Crippen LogP contribution in [0.2, 0.25) is 0 Å². The number of ether oxygens (including phenoxy) is 3. The first kappa shape index (κ1) is 21.8. The topological polar surface area (TPSA) is 77.9 Å². The number of nitrogens with zero attached hydrogens (tertiary/aromatic N) is 3. The van der Waals surface area contributed by atoms with Crippen molar-refractivity contribution in [1.29, 1.82) is 0 Å². The molecule has 28 heavy (non-hydrogen) atoms. The Hall–Kier alpha value is -2.45. The average Bonchev–Trinajstić information content (AvgIpc) is 3.12. The van der Waals surface area contributed by atoms with E-state index in [1.165, 1.54) is 0 Å². The summed E-state index contributed by atoms with van der Waals surface area (Å²) in [5.41, 5.74) is 0.812. The first-order valence-electron chi connectivity index (χ1n) is 8.85. The number of halogens is 1. The fourth-order valence-corrected chi connectivity index (χ4v) is 3.45. The average molecular weight is 411 g/mol. The zero-order chi connectivity index (χ0) is 19.4. The van der Waals surface area contributed by atoms with Crippen molar-refractivity contribution in [2.24, 2.45) is 7.05 Å². The highest BCUT2D eigenvalue weighted by atomic mass is 35.5. The Bertz CT molecular complexity index is 786. The number of nitrogens with one attached hydrogen (secondary N) is 1. The predicted molar refractivity (Wildman–Crippen MR) is 108 cm³/mol. The van der Waals surface area contributed by atoms with E-state index in [1.807, 2.05) is 34.8 Å². The third kappa shape index (κ3) is 4.34. The van der Waals surface area contributed by atoms with E-state index in [4.69, 9.17) is 14.2 Å². The molecule has 1 unspecified atom stereocenters. The lowest BCUT2D eigenvalue weighted by atomic mass is 10.1. The number of methoxy groups -OCH3 is 3. The molecule has 2 aromatic rings. The molecule has 1 aromatic heterocycles. The normalized spacial score (nSPS) is 16.3. The molecule has 8 nitrogen and oxygen atoms in total. The third-order valence-electron chi connectivity index (χ3n) is 4.80. The van der Waals surface area contributed by atoms with Crippen LogP contribution in [-0.4, -0.2) is 61.3 Å². The van der Waals surface area contributed by atoms with Gasteiger partial charge in [0.1, 0.15) is 11.9 Å². The Kier molecular flexibility index (Phi) is 7.53. The zero-order valence-corrected chi connectivity index (χ0v) is 17.4. The minimum Gasteiger partial charge on any atom is -0.493 e. The van der Waals surface area contributed by atoms with E-state index in [1.54, 1.807) is 27.5 Å². The van der Waals surface area contributed by atoms with Gasteiger partial charge in [-0.25, -0.2) is 4.98 Å². The van der Waals surface area contributed by atoms with Crippen molar-refractivity contribution in [2.45, 2.75) is 12.5 Å². The molecule has 154 valence electrons. The van der Waals surface area contributed by atoms with E-state index < -0.39 is 0 Å². The summed E-state index contributed by atoms with van der Waals surface area (Å²) >= 11 is 0.